The molecular formula is C12H13BrN2O2. The zero-order chi connectivity index (χ0) is 12.4. The summed E-state index contributed by atoms with van der Waals surface area (Å²) in [6.45, 7) is 0.232. The number of hydrogen-bond acceptors (Lipinski definition) is 3. The molecule has 0 spiro atoms. The first-order chi connectivity index (χ1) is 8.17. The Labute approximate surface area is 107 Å². The molecule has 1 aromatic heterocycles. The van der Waals surface area contributed by atoms with E-state index in [2.05, 4.69) is 20.9 Å². The third-order valence-electron chi connectivity index (χ3n) is 2.77. The number of nitrogens with one attached hydrogen (secondary N) is 1. The Morgan fingerprint density at radius 1 is 1.59 bits per heavy atom. The van der Waals surface area contributed by atoms with Crippen molar-refractivity contribution < 1.29 is 9.53 Å². The van der Waals surface area contributed by atoms with E-state index in [1.54, 1.807) is 0 Å². The highest BCUT2D eigenvalue weighted by Crippen LogP contribution is 2.28. The van der Waals surface area contributed by atoms with Crippen LogP contribution < -0.4 is 5.73 Å². The lowest BCUT2D eigenvalue weighted by Crippen LogP contribution is -2.22. The average molecular weight is 297 g/mol. The maximum absolute atomic E-state index is 11.6. The minimum absolute atomic E-state index is 0.232. The number of benzene rings is 1. The standard InChI is InChI=1S/C12H13BrN2O2/c1-17-12(16)9(5-14)10-6-15-11-4-7(13)2-3-8(10)11/h2-4,6,9,15H,5,14H2,1H3/t9-/m1/s1. The van der Waals surface area contributed by atoms with Gasteiger partial charge in [0, 0.05) is 28.1 Å². The number of esters is 1. The second-order valence-electron chi connectivity index (χ2n) is 3.75. The Morgan fingerprint density at radius 3 is 3.00 bits per heavy atom. The Hall–Kier alpha value is -1.33. The van der Waals surface area contributed by atoms with Crippen LogP contribution in [0.25, 0.3) is 10.9 Å². The lowest BCUT2D eigenvalue weighted by molar-refractivity contribution is -0.142. The maximum atomic E-state index is 11.6. The van der Waals surface area contributed by atoms with Crippen LogP contribution in [0.15, 0.2) is 28.9 Å². The van der Waals surface area contributed by atoms with Crippen LogP contribution in [0.5, 0.6) is 0 Å². The molecule has 3 N–H and O–H groups in total. The van der Waals surface area contributed by atoms with Gasteiger partial charge in [0.1, 0.15) is 0 Å². The molecule has 0 radical (unpaired) electrons. The van der Waals surface area contributed by atoms with Gasteiger partial charge in [-0.15, -0.1) is 0 Å². The summed E-state index contributed by atoms with van der Waals surface area (Å²) in [5.41, 5.74) is 7.48. The molecule has 0 saturated heterocycles. The van der Waals surface area contributed by atoms with Crippen molar-refractivity contribution >= 4 is 32.8 Å². The number of aromatic amines is 1. The van der Waals surface area contributed by atoms with E-state index in [0.29, 0.717) is 0 Å². The smallest absolute Gasteiger partial charge is 0.314 e. The van der Waals surface area contributed by atoms with Crippen molar-refractivity contribution in [2.24, 2.45) is 5.73 Å². The zero-order valence-electron chi connectivity index (χ0n) is 9.37. The molecule has 1 aromatic carbocycles. The van der Waals surface area contributed by atoms with Crippen LogP contribution >= 0.6 is 15.9 Å². The molecule has 5 heteroatoms. The second kappa shape index (κ2) is 4.89. The molecule has 2 rings (SSSR count). The SMILES string of the molecule is COC(=O)[C@H](CN)c1c[nH]c2cc(Br)ccc12. The number of H-pyrrole nitrogens is 1. The molecule has 17 heavy (non-hydrogen) atoms. The molecule has 90 valence electrons. The zero-order valence-corrected chi connectivity index (χ0v) is 11.0. The molecule has 2 aromatic rings. The largest absolute Gasteiger partial charge is 0.469 e. The van der Waals surface area contributed by atoms with Gasteiger partial charge in [0.25, 0.3) is 0 Å². The van der Waals surface area contributed by atoms with E-state index in [0.717, 1.165) is 20.9 Å². The number of methoxy groups -OCH3 is 1. The summed E-state index contributed by atoms with van der Waals surface area (Å²) in [6.07, 6.45) is 1.81. The van der Waals surface area contributed by atoms with E-state index in [1.165, 1.54) is 7.11 Å². The van der Waals surface area contributed by atoms with Crippen LogP contribution in [0.3, 0.4) is 0 Å². The minimum atomic E-state index is -0.421. The maximum Gasteiger partial charge on any atom is 0.314 e. The monoisotopic (exact) mass is 296 g/mol. The number of halogens is 1. The summed E-state index contributed by atoms with van der Waals surface area (Å²) < 4.78 is 5.74. The quantitative estimate of drug-likeness (QED) is 0.853. The van der Waals surface area contributed by atoms with Crippen molar-refractivity contribution in [3.05, 3.63) is 34.4 Å². The Bertz CT molecular complexity index is 550. The van der Waals surface area contributed by atoms with Gasteiger partial charge in [0.05, 0.1) is 13.0 Å². The highest BCUT2D eigenvalue weighted by atomic mass is 79.9. The van der Waals surface area contributed by atoms with Crippen LogP contribution in [0.1, 0.15) is 11.5 Å². The highest BCUT2D eigenvalue weighted by molar-refractivity contribution is 9.10. The van der Waals surface area contributed by atoms with E-state index in [1.807, 2.05) is 24.4 Å². The molecule has 1 atom stereocenters. The van der Waals surface area contributed by atoms with Crippen LogP contribution in [-0.4, -0.2) is 24.6 Å². The first kappa shape index (κ1) is 12.1. The summed E-state index contributed by atoms with van der Waals surface area (Å²) in [5.74, 6) is -0.730. The Balaban J connectivity index is 2.51. The van der Waals surface area contributed by atoms with Gasteiger partial charge in [-0.3, -0.25) is 4.79 Å². The average Bonchev–Trinajstić information content (AvgIpc) is 2.73. The lowest BCUT2D eigenvalue weighted by Gasteiger charge is -2.11. The fourth-order valence-electron chi connectivity index (χ4n) is 1.90. The summed E-state index contributed by atoms with van der Waals surface area (Å²) in [6, 6.07) is 5.85. The van der Waals surface area contributed by atoms with Crippen LogP contribution in [0.2, 0.25) is 0 Å². The van der Waals surface area contributed by atoms with Gasteiger partial charge in [-0.1, -0.05) is 22.0 Å². The van der Waals surface area contributed by atoms with Crippen molar-refractivity contribution in [1.82, 2.24) is 4.98 Å². The third kappa shape index (κ3) is 2.21. The molecule has 0 fully saturated rings. The van der Waals surface area contributed by atoms with E-state index in [-0.39, 0.29) is 12.5 Å². The Morgan fingerprint density at radius 2 is 2.35 bits per heavy atom. The number of hydrogen-bond donors (Lipinski definition) is 2. The number of fused-ring (bicyclic) bond motifs is 1. The number of rotatable bonds is 3. The van der Waals surface area contributed by atoms with Crippen LogP contribution in [-0.2, 0) is 9.53 Å². The summed E-state index contributed by atoms with van der Waals surface area (Å²) in [4.78, 5) is 14.8. The third-order valence-corrected chi connectivity index (χ3v) is 3.27. The molecule has 1 heterocycles. The van der Waals surface area contributed by atoms with Crippen LogP contribution in [0.4, 0.5) is 0 Å². The van der Waals surface area contributed by atoms with Gasteiger partial charge in [-0.05, 0) is 17.7 Å². The van der Waals surface area contributed by atoms with Crippen molar-refractivity contribution in [2.45, 2.75) is 5.92 Å². The Kier molecular flexibility index (Phi) is 3.49. The van der Waals surface area contributed by atoms with Gasteiger partial charge in [-0.2, -0.15) is 0 Å². The number of ether oxygens (including phenoxy) is 1. The van der Waals surface area contributed by atoms with Gasteiger partial charge >= 0.3 is 5.97 Å². The van der Waals surface area contributed by atoms with Crippen molar-refractivity contribution in [1.29, 1.82) is 0 Å². The molecule has 0 aliphatic rings. The van der Waals surface area contributed by atoms with Gasteiger partial charge < -0.3 is 15.5 Å². The highest BCUT2D eigenvalue weighted by Gasteiger charge is 2.22. The van der Waals surface area contributed by atoms with Crippen molar-refractivity contribution in [2.75, 3.05) is 13.7 Å². The summed E-state index contributed by atoms with van der Waals surface area (Å²) in [7, 11) is 1.37. The van der Waals surface area contributed by atoms with E-state index < -0.39 is 5.92 Å². The van der Waals surface area contributed by atoms with E-state index in [4.69, 9.17) is 10.5 Å². The van der Waals surface area contributed by atoms with Gasteiger partial charge in [0.15, 0.2) is 0 Å². The lowest BCUT2D eigenvalue weighted by atomic mass is 9.99. The fourth-order valence-corrected chi connectivity index (χ4v) is 2.26. The van der Waals surface area contributed by atoms with E-state index in [9.17, 15) is 4.79 Å². The molecule has 0 unspecified atom stereocenters. The van der Waals surface area contributed by atoms with Crippen molar-refractivity contribution in [3.8, 4) is 0 Å². The molecule has 4 nitrogen and oxygen atoms in total. The summed E-state index contributed by atoms with van der Waals surface area (Å²) >= 11 is 3.40. The molecule has 0 bridgehead atoms. The number of carbonyl (C=O) groups is 1. The number of carbonyl (C=O) groups excluding carboxylic acids is 1. The normalized spacial score (nSPS) is 12.6. The summed E-state index contributed by atoms with van der Waals surface area (Å²) in [5, 5.41) is 0.994. The number of nitrogens with two attached hydrogens (primary N) is 1. The van der Waals surface area contributed by atoms with Gasteiger partial charge in [0.2, 0.25) is 0 Å². The topological polar surface area (TPSA) is 68.1 Å². The first-order valence-electron chi connectivity index (χ1n) is 5.21. The molecule has 0 amide bonds. The molecular weight excluding hydrogens is 284 g/mol. The number of aromatic nitrogens is 1. The molecule has 0 aliphatic carbocycles. The van der Waals surface area contributed by atoms with Crippen LogP contribution in [0, 0.1) is 0 Å². The predicted octanol–water partition coefficient (Wildman–Crippen LogP) is 2.15. The minimum Gasteiger partial charge on any atom is -0.469 e. The van der Waals surface area contributed by atoms with E-state index >= 15 is 0 Å². The predicted molar refractivity (Wildman–Crippen MR) is 69.8 cm³/mol. The molecule has 0 saturated carbocycles. The van der Waals surface area contributed by atoms with Crippen molar-refractivity contribution in [3.63, 3.8) is 0 Å². The first-order valence-corrected chi connectivity index (χ1v) is 6.01. The van der Waals surface area contributed by atoms with Gasteiger partial charge in [-0.25, -0.2) is 0 Å². The second-order valence-corrected chi connectivity index (χ2v) is 4.66. The molecule has 0 aliphatic heterocycles. The fraction of sp³-hybridized carbons (Fsp3) is 0.250.